The van der Waals surface area contributed by atoms with Crippen molar-refractivity contribution < 1.29 is 4.74 Å². The van der Waals surface area contributed by atoms with Crippen molar-refractivity contribution in [2.75, 3.05) is 49.3 Å². The van der Waals surface area contributed by atoms with E-state index < -0.39 is 0 Å². The molecule has 0 bridgehead atoms. The van der Waals surface area contributed by atoms with Crippen molar-refractivity contribution >= 4 is 17.8 Å². The Hall–Kier alpha value is -1.63. The minimum atomic E-state index is -0.122. The summed E-state index contributed by atoms with van der Waals surface area (Å²) >= 11 is 0. The first-order valence-electron chi connectivity index (χ1n) is 7.07. The maximum atomic E-state index is 5.76. The third-order valence-electron chi connectivity index (χ3n) is 3.28. The largest absolute Gasteiger partial charge is 0.373 e. The monoisotopic (exact) mass is 280 g/mol. The summed E-state index contributed by atoms with van der Waals surface area (Å²) in [4.78, 5) is 15.0. The molecule has 7 nitrogen and oxygen atoms in total. The minimum Gasteiger partial charge on any atom is -0.373 e. The van der Waals surface area contributed by atoms with Gasteiger partial charge in [0.25, 0.3) is 0 Å². The second-order valence-corrected chi connectivity index (χ2v) is 5.46. The van der Waals surface area contributed by atoms with Gasteiger partial charge >= 0.3 is 0 Å². The van der Waals surface area contributed by atoms with Gasteiger partial charge in [0.05, 0.1) is 5.60 Å². The molecule has 1 atom stereocenters. The molecule has 1 aliphatic rings. The lowest BCUT2D eigenvalue weighted by molar-refractivity contribution is 0.0314. The van der Waals surface area contributed by atoms with Crippen LogP contribution in [0.4, 0.5) is 17.8 Å². The van der Waals surface area contributed by atoms with E-state index in [1.54, 1.807) is 0 Å². The molecule has 1 aliphatic heterocycles. The molecule has 1 fully saturated rings. The van der Waals surface area contributed by atoms with Crippen LogP contribution in [0.1, 0.15) is 26.7 Å². The Morgan fingerprint density at radius 2 is 1.90 bits per heavy atom. The number of aromatic nitrogens is 3. The van der Waals surface area contributed by atoms with Crippen LogP contribution in [0.2, 0.25) is 0 Å². The molecule has 0 aliphatic carbocycles. The van der Waals surface area contributed by atoms with Gasteiger partial charge in [-0.15, -0.1) is 0 Å². The molecule has 0 saturated carbocycles. The van der Waals surface area contributed by atoms with Gasteiger partial charge in [-0.3, -0.25) is 0 Å². The predicted molar refractivity (Wildman–Crippen MR) is 80.4 cm³/mol. The van der Waals surface area contributed by atoms with Gasteiger partial charge in [0.15, 0.2) is 0 Å². The van der Waals surface area contributed by atoms with E-state index >= 15 is 0 Å². The van der Waals surface area contributed by atoms with Crippen LogP contribution in [0, 0.1) is 0 Å². The predicted octanol–water partition coefficient (Wildman–Crippen LogP) is 1.35. The summed E-state index contributed by atoms with van der Waals surface area (Å²) in [6, 6.07) is 0. The van der Waals surface area contributed by atoms with Crippen LogP contribution in [-0.2, 0) is 4.74 Å². The van der Waals surface area contributed by atoms with Crippen LogP contribution in [0.5, 0.6) is 0 Å². The summed E-state index contributed by atoms with van der Waals surface area (Å²) in [6.07, 6.45) is 2.17. The molecule has 20 heavy (non-hydrogen) atoms. The average Bonchev–Trinajstić information content (AvgIpc) is 2.84. The first-order chi connectivity index (χ1) is 9.52. The lowest BCUT2D eigenvalue weighted by Gasteiger charge is -2.23. The maximum absolute atomic E-state index is 5.76. The van der Waals surface area contributed by atoms with Crippen LogP contribution >= 0.6 is 0 Å². The smallest absolute Gasteiger partial charge is 0.231 e. The van der Waals surface area contributed by atoms with Crippen LogP contribution in [-0.4, -0.2) is 54.3 Å². The van der Waals surface area contributed by atoms with E-state index in [-0.39, 0.29) is 5.60 Å². The average molecular weight is 280 g/mol. The highest BCUT2D eigenvalue weighted by Crippen LogP contribution is 2.25. The molecule has 2 rings (SSSR count). The number of nitrogens with one attached hydrogen (secondary N) is 2. The standard InChI is InChI=1S/C13H24N6O/c1-5-14-10-16-11(18-12(17-10)19(3)4)15-9-13(2)7-6-8-20-13/h5-9H2,1-4H3,(H2,14,15,16,17,18). The second-order valence-electron chi connectivity index (χ2n) is 5.46. The van der Waals surface area contributed by atoms with Gasteiger partial charge in [-0.1, -0.05) is 0 Å². The molecule has 0 aromatic carbocycles. The van der Waals surface area contributed by atoms with Crippen molar-refractivity contribution in [2.45, 2.75) is 32.3 Å². The molecule has 1 aromatic heterocycles. The lowest BCUT2D eigenvalue weighted by atomic mass is 10.0. The van der Waals surface area contributed by atoms with E-state index in [1.807, 2.05) is 25.9 Å². The Balaban J connectivity index is 2.09. The highest BCUT2D eigenvalue weighted by Gasteiger charge is 2.29. The zero-order chi connectivity index (χ0) is 14.6. The molecular formula is C13H24N6O. The number of rotatable bonds is 6. The first-order valence-corrected chi connectivity index (χ1v) is 7.07. The summed E-state index contributed by atoms with van der Waals surface area (Å²) in [5.74, 6) is 1.80. The highest BCUT2D eigenvalue weighted by atomic mass is 16.5. The summed E-state index contributed by atoms with van der Waals surface area (Å²) in [5.41, 5.74) is -0.122. The fourth-order valence-electron chi connectivity index (χ4n) is 2.12. The van der Waals surface area contributed by atoms with Crippen molar-refractivity contribution in [1.29, 1.82) is 0 Å². The van der Waals surface area contributed by atoms with Crippen molar-refractivity contribution in [3.8, 4) is 0 Å². The molecule has 0 amide bonds. The molecule has 2 N–H and O–H groups in total. The molecule has 112 valence electrons. The quantitative estimate of drug-likeness (QED) is 0.814. The van der Waals surface area contributed by atoms with E-state index in [9.17, 15) is 0 Å². The van der Waals surface area contributed by atoms with E-state index in [0.717, 1.165) is 26.0 Å². The Kier molecular flexibility index (Phi) is 4.59. The van der Waals surface area contributed by atoms with Crippen LogP contribution in [0.25, 0.3) is 0 Å². The third kappa shape index (κ3) is 3.69. The van der Waals surface area contributed by atoms with Crippen molar-refractivity contribution in [2.24, 2.45) is 0 Å². The number of ether oxygens (including phenoxy) is 1. The van der Waals surface area contributed by atoms with Gasteiger partial charge in [0.2, 0.25) is 17.8 Å². The van der Waals surface area contributed by atoms with E-state index in [1.165, 1.54) is 0 Å². The van der Waals surface area contributed by atoms with E-state index in [4.69, 9.17) is 4.74 Å². The Labute approximate surface area is 120 Å². The molecule has 2 heterocycles. The normalized spacial score (nSPS) is 21.8. The summed E-state index contributed by atoms with van der Waals surface area (Å²) in [6.45, 7) is 6.44. The number of anilines is 3. The maximum Gasteiger partial charge on any atom is 0.231 e. The SMILES string of the molecule is CCNc1nc(NCC2(C)CCCO2)nc(N(C)C)n1. The zero-order valence-electron chi connectivity index (χ0n) is 12.7. The van der Waals surface area contributed by atoms with Crippen molar-refractivity contribution in [3.05, 3.63) is 0 Å². The summed E-state index contributed by atoms with van der Waals surface area (Å²) in [5, 5.41) is 6.39. The number of hydrogen-bond acceptors (Lipinski definition) is 7. The van der Waals surface area contributed by atoms with E-state index in [2.05, 4.69) is 32.5 Å². The van der Waals surface area contributed by atoms with Gasteiger partial charge in [-0.05, 0) is 26.7 Å². The molecular weight excluding hydrogens is 256 g/mol. The lowest BCUT2D eigenvalue weighted by Crippen LogP contribution is -2.33. The number of nitrogens with zero attached hydrogens (tertiary/aromatic N) is 4. The van der Waals surface area contributed by atoms with Gasteiger partial charge in [0, 0.05) is 33.8 Å². The zero-order valence-corrected chi connectivity index (χ0v) is 12.7. The Morgan fingerprint density at radius 1 is 1.20 bits per heavy atom. The summed E-state index contributed by atoms with van der Waals surface area (Å²) < 4.78 is 5.76. The first kappa shape index (κ1) is 14.8. The van der Waals surface area contributed by atoms with Crippen LogP contribution in [0.3, 0.4) is 0 Å². The highest BCUT2D eigenvalue weighted by molar-refractivity contribution is 5.43. The molecule has 1 unspecified atom stereocenters. The van der Waals surface area contributed by atoms with Gasteiger partial charge in [-0.25, -0.2) is 0 Å². The molecule has 1 saturated heterocycles. The Morgan fingerprint density at radius 3 is 2.45 bits per heavy atom. The van der Waals surface area contributed by atoms with Gasteiger partial charge in [0.1, 0.15) is 0 Å². The molecule has 0 radical (unpaired) electrons. The fourth-order valence-corrected chi connectivity index (χ4v) is 2.12. The topological polar surface area (TPSA) is 75.2 Å². The molecule has 0 spiro atoms. The fraction of sp³-hybridized carbons (Fsp3) is 0.769. The van der Waals surface area contributed by atoms with E-state index in [0.29, 0.717) is 24.4 Å². The second kappa shape index (κ2) is 6.21. The minimum absolute atomic E-state index is 0.122. The van der Waals surface area contributed by atoms with Crippen LogP contribution < -0.4 is 15.5 Å². The van der Waals surface area contributed by atoms with Crippen molar-refractivity contribution in [3.63, 3.8) is 0 Å². The molecule has 7 heteroatoms. The Bertz CT molecular complexity index is 444. The third-order valence-corrected chi connectivity index (χ3v) is 3.28. The van der Waals surface area contributed by atoms with Gasteiger partial charge < -0.3 is 20.3 Å². The van der Waals surface area contributed by atoms with Crippen molar-refractivity contribution in [1.82, 2.24) is 15.0 Å². The van der Waals surface area contributed by atoms with Crippen LogP contribution in [0.15, 0.2) is 0 Å². The summed E-state index contributed by atoms with van der Waals surface area (Å²) in [7, 11) is 3.83. The van der Waals surface area contributed by atoms with Gasteiger partial charge in [-0.2, -0.15) is 15.0 Å². The molecule has 1 aromatic rings. The number of hydrogen-bond donors (Lipinski definition) is 2.